The van der Waals surface area contributed by atoms with Gasteiger partial charge in [-0.15, -0.1) is 0 Å². The molecule has 12 nitrogen and oxygen atoms in total. The molecule has 1 aromatic heterocycles. The van der Waals surface area contributed by atoms with Crippen molar-refractivity contribution in [3.63, 3.8) is 0 Å². The number of likely N-dealkylation sites (N-methyl/N-ethyl adjacent to an activating group) is 1. The van der Waals surface area contributed by atoms with E-state index in [-0.39, 0.29) is 29.3 Å². The molecule has 0 aliphatic carbocycles. The molecule has 1 saturated heterocycles. The zero-order valence-electron chi connectivity index (χ0n) is 20.8. The molecule has 2 aliphatic rings. The molecule has 3 amide bonds. The number of nitrogens with zero attached hydrogens (tertiary/aromatic N) is 4. The van der Waals surface area contributed by atoms with Crippen LogP contribution in [0.25, 0.3) is 0 Å². The highest BCUT2D eigenvalue weighted by atomic mass is 32.2. The molecular weight excluding hydrogens is 484 g/mol. The normalized spacial score (nSPS) is 17.8. The number of sulfone groups is 1. The Morgan fingerprint density at radius 3 is 2.67 bits per heavy atom. The highest BCUT2D eigenvalue weighted by molar-refractivity contribution is 7.90. The first-order chi connectivity index (χ1) is 17.0. The fourth-order valence-corrected chi connectivity index (χ4v) is 4.83. The van der Waals surface area contributed by atoms with Crippen LogP contribution in [-0.2, 0) is 14.6 Å². The van der Waals surface area contributed by atoms with E-state index < -0.39 is 15.9 Å². The van der Waals surface area contributed by atoms with Crippen molar-refractivity contribution in [1.29, 1.82) is 0 Å². The number of benzene rings is 1. The zero-order valence-corrected chi connectivity index (χ0v) is 21.6. The van der Waals surface area contributed by atoms with Crippen molar-refractivity contribution in [2.75, 3.05) is 59.9 Å². The lowest BCUT2D eigenvalue weighted by Gasteiger charge is -2.36. The smallest absolute Gasteiger partial charge is 0.319 e. The summed E-state index contributed by atoms with van der Waals surface area (Å²) in [5.74, 6) is 1.15. The van der Waals surface area contributed by atoms with Gasteiger partial charge in [0, 0.05) is 37.3 Å². The number of amides is 3. The van der Waals surface area contributed by atoms with Gasteiger partial charge in [0.15, 0.2) is 15.7 Å². The third kappa shape index (κ3) is 5.85. The Bertz CT molecular complexity index is 1260. The minimum absolute atomic E-state index is 0.0343. The molecule has 3 heterocycles. The average molecular weight is 517 g/mol. The number of carbonyl (C=O) groups is 2. The first-order valence-corrected chi connectivity index (χ1v) is 13.7. The number of rotatable bonds is 7. The molecule has 0 spiro atoms. The monoisotopic (exact) mass is 516 g/mol. The predicted octanol–water partition coefficient (Wildman–Crippen LogP) is 1.55. The van der Waals surface area contributed by atoms with Crippen molar-refractivity contribution in [1.82, 2.24) is 20.6 Å². The Hall–Kier alpha value is -3.45. The van der Waals surface area contributed by atoms with Crippen LogP contribution in [0.2, 0.25) is 0 Å². The van der Waals surface area contributed by atoms with E-state index in [0.29, 0.717) is 35.3 Å². The summed E-state index contributed by atoms with van der Waals surface area (Å²) < 4.78 is 24.6. The van der Waals surface area contributed by atoms with Crippen LogP contribution >= 0.6 is 0 Å². The second-order valence-corrected chi connectivity index (χ2v) is 11.4. The first kappa shape index (κ1) is 25.6. The molecule has 0 radical (unpaired) electrons. The summed E-state index contributed by atoms with van der Waals surface area (Å²) in [6, 6.07) is 4.10. The van der Waals surface area contributed by atoms with Crippen LogP contribution in [0.5, 0.6) is 0 Å². The maximum atomic E-state index is 12.4. The highest BCUT2D eigenvalue weighted by Crippen LogP contribution is 2.33. The van der Waals surface area contributed by atoms with Crippen molar-refractivity contribution >= 4 is 50.6 Å². The summed E-state index contributed by atoms with van der Waals surface area (Å²) >= 11 is 0. The van der Waals surface area contributed by atoms with Crippen LogP contribution in [0.4, 0.5) is 33.6 Å². The van der Waals surface area contributed by atoms with Gasteiger partial charge in [-0.25, -0.2) is 18.2 Å². The Labute approximate surface area is 210 Å². The number of nitrogens with one attached hydrogen (secondary N) is 4. The molecule has 0 bridgehead atoms. The molecular formula is C23H32N8O4S. The number of carbonyl (C=O) groups excluding carboxylic acids is 2. The number of urea groups is 1. The van der Waals surface area contributed by atoms with Gasteiger partial charge in [0.2, 0.25) is 11.9 Å². The van der Waals surface area contributed by atoms with Crippen molar-refractivity contribution in [3.8, 4) is 0 Å². The Morgan fingerprint density at radius 1 is 1.25 bits per heavy atom. The van der Waals surface area contributed by atoms with Gasteiger partial charge in [0.1, 0.15) is 5.69 Å². The van der Waals surface area contributed by atoms with E-state index in [2.05, 4.69) is 31.2 Å². The van der Waals surface area contributed by atoms with Crippen molar-refractivity contribution < 1.29 is 18.0 Å². The molecule has 1 fully saturated rings. The SMILES string of the molecule is CC(C)N1CC(=O)N(C)c2cnc(Nc3cc(NC(=O)NC[C@H]4CCNC4)cc(S(C)(=O)=O)c3)nc21. The van der Waals surface area contributed by atoms with Gasteiger partial charge in [0.25, 0.3) is 0 Å². The van der Waals surface area contributed by atoms with E-state index in [1.807, 2.05) is 18.7 Å². The van der Waals surface area contributed by atoms with E-state index in [1.54, 1.807) is 19.3 Å². The minimum atomic E-state index is -3.56. The van der Waals surface area contributed by atoms with Crippen LogP contribution in [0.3, 0.4) is 0 Å². The number of hydrogen-bond donors (Lipinski definition) is 4. The van der Waals surface area contributed by atoms with Crippen molar-refractivity contribution in [3.05, 3.63) is 24.4 Å². The molecule has 13 heteroatoms. The number of hydrogen-bond acceptors (Lipinski definition) is 9. The Balaban J connectivity index is 1.58. The van der Waals surface area contributed by atoms with E-state index in [0.717, 1.165) is 25.8 Å². The lowest BCUT2D eigenvalue weighted by Crippen LogP contribution is -2.47. The van der Waals surface area contributed by atoms with Gasteiger partial charge < -0.3 is 31.1 Å². The Morgan fingerprint density at radius 2 is 2.00 bits per heavy atom. The standard InChI is InChI=1S/C23H32N8O4S/c1-14(2)31-13-20(32)30(3)19-12-25-22(29-21(19)31)27-16-7-17(9-18(8-16)36(4,34)35)28-23(33)26-11-15-5-6-24-10-15/h7-9,12,14-15,24H,5-6,10-11,13H2,1-4H3,(H,25,27,29)(H2,26,28,33)/t15-/m0/s1. The molecule has 2 aromatic rings. The molecule has 36 heavy (non-hydrogen) atoms. The topological polar surface area (TPSA) is 149 Å². The maximum Gasteiger partial charge on any atom is 0.319 e. The molecule has 0 saturated carbocycles. The number of fused-ring (bicyclic) bond motifs is 1. The fraction of sp³-hybridized carbons (Fsp3) is 0.478. The lowest BCUT2D eigenvalue weighted by atomic mass is 10.1. The number of aromatic nitrogens is 2. The maximum absolute atomic E-state index is 12.4. The zero-order chi connectivity index (χ0) is 26.0. The molecule has 1 aromatic carbocycles. The average Bonchev–Trinajstić information content (AvgIpc) is 3.33. The summed E-state index contributed by atoms with van der Waals surface area (Å²) in [4.78, 5) is 37.2. The van der Waals surface area contributed by atoms with Crippen molar-refractivity contribution in [2.45, 2.75) is 31.2 Å². The molecule has 194 valence electrons. The molecule has 2 aliphatic heterocycles. The van der Waals surface area contributed by atoms with E-state index in [4.69, 9.17) is 0 Å². The lowest BCUT2D eigenvalue weighted by molar-refractivity contribution is -0.117. The van der Waals surface area contributed by atoms with Crippen LogP contribution in [0, 0.1) is 5.92 Å². The molecule has 1 atom stereocenters. The summed E-state index contributed by atoms with van der Waals surface area (Å²) in [6.07, 6.45) is 3.66. The van der Waals surface area contributed by atoms with Crippen LogP contribution in [0.1, 0.15) is 20.3 Å². The second-order valence-electron chi connectivity index (χ2n) is 9.41. The van der Waals surface area contributed by atoms with Gasteiger partial charge in [-0.05, 0) is 57.5 Å². The Kier molecular flexibility index (Phi) is 7.31. The van der Waals surface area contributed by atoms with E-state index in [1.165, 1.54) is 17.0 Å². The summed E-state index contributed by atoms with van der Waals surface area (Å²) in [7, 11) is -1.88. The van der Waals surface area contributed by atoms with Crippen LogP contribution < -0.4 is 31.1 Å². The van der Waals surface area contributed by atoms with Gasteiger partial charge in [0.05, 0.1) is 17.6 Å². The highest BCUT2D eigenvalue weighted by Gasteiger charge is 2.30. The number of anilines is 5. The van der Waals surface area contributed by atoms with Crippen molar-refractivity contribution in [2.24, 2.45) is 5.92 Å². The first-order valence-electron chi connectivity index (χ1n) is 11.8. The van der Waals surface area contributed by atoms with Gasteiger partial charge in [-0.1, -0.05) is 0 Å². The minimum Gasteiger partial charge on any atom is -0.343 e. The van der Waals surface area contributed by atoms with Crippen LogP contribution in [-0.4, -0.2) is 75.8 Å². The third-order valence-electron chi connectivity index (χ3n) is 6.25. The largest absolute Gasteiger partial charge is 0.343 e. The fourth-order valence-electron chi connectivity index (χ4n) is 4.15. The summed E-state index contributed by atoms with van der Waals surface area (Å²) in [6.45, 7) is 6.46. The van der Waals surface area contributed by atoms with Gasteiger partial charge in [-0.3, -0.25) is 4.79 Å². The van der Waals surface area contributed by atoms with Crippen LogP contribution in [0.15, 0.2) is 29.3 Å². The third-order valence-corrected chi connectivity index (χ3v) is 7.34. The summed E-state index contributed by atoms with van der Waals surface area (Å²) in [5.41, 5.74) is 1.30. The molecule has 0 unspecified atom stereocenters. The van der Waals surface area contributed by atoms with Gasteiger partial charge in [-0.2, -0.15) is 4.98 Å². The molecule has 4 rings (SSSR count). The van der Waals surface area contributed by atoms with Gasteiger partial charge >= 0.3 is 6.03 Å². The quantitative estimate of drug-likeness (QED) is 0.430. The van der Waals surface area contributed by atoms with E-state index in [9.17, 15) is 18.0 Å². The predicted molar refractivity (Wildman–Crippen MR) is 139 cm³/mol. The second kappa shape index (κ2) is 10.3. The molecule has 4 N–H and O–H groups in total. The summed E-state index contributed by atoms with van der Waals surface area (Å²) in [5, 5.41) is 11.9. The van der Waals surface area contributed by atoms with E-state index >= 15 is 0 Å².